The molecule has 1 aliphatic carbocycles. The molecule has 1 amide bonds. The molecule has 2 atom stereocenters. The van der Waals surface area contributed by atoms with E-state index >= 15 is 0 Å². The number of rotatable bonds is 2. The van der Waals surface area contributed by atoms with Gasteiger partial charge in [-0.3, -0.25) is 15.1 Å². The first-order valence-corrected chi connectivity index (χ1v) is 13.5. The number of carbonyl (C=O) groups excluding carboxylic acids is 1. The average Bonchev–Trinajstić information content (AvgIpc) is 3.57. The van der Waals surface area contributed by atoms with Gasteiger partial charge in [-0.25, -0.2) is 18.4 Å². The van der Waals surface area contributed by atoms with Gasteiger partial charge in [0.25, 0.3) is 12.3 Å². The van der Waals surface area contributed by atoms with Gasteiger partial charge in [0.05, 0.1) is 28.9 Å². The van der Waals surface area contributed by atoms with E-state index < -0.39 is 12.1 Å². The lowest BCUT2D eigenvalue weighted by atomic mass is 10.0. The maximum atomic E-state index is 14.1. The summed E-state index contributed by atoms with van der Waals surface area (Å²) in [5.74, 6) is 1.35. The van der Waals surface area contributed by atoms with Crippen LogP contribution in [0.2, 0.25) is 0 Å². The van der Waals surface area contributed by atoms with Gasteiger partial charge in [-0.05, 0) is 73.8 Å². The SMILES string of the molecule is Cc1cc2cc(n1)-c1c(C(F)F)nn(C)c1OC[C@@H]1CC[C@@H](C1)Cn1c(nc3ccc(C(C)C)cc31)NC2=O. The minimum absolute atomic E-state index is 0.128. The third-order valence-corrected chi connectivity index (χ3v) is 7.91. The molecule has 0 unspecified atom stereocenters. The first kappa shape index (κ1) is 25.5. The molecule has 1 aromatic carbocycles. The Labute approximate surface area is 225 Å². The molecular weight excluding hydrogens is 502 g/mol. The van der Waals surface area contributed by atoms with Gasteiger partial charge < -0.3 is 9.30 Å². The first-order chi connectivity index (χ1) is 18.7. The second-order valence-electron chi connectivity index (χ2n) is 11.1. The van der Waals surface area contributed by atoms with Crippen molar-refractivity contribution in [2.45, 2.75) is 58.9 Å². The van der Waals surface area contributed by atoms with Crippen LogP contribution >= 0.6 is 0 Å². The second-order valence-corrected chi connectivity index (χ2v) is 11.1. The molecule has 0 saturated heterocycles. The lowest BCUT2D eigenvalue weighted by Gasteiger charge is -2.16. The van der Waals surface area contributed by atoms with Gasteiger partial charge in [-0.15, -0.1) is 0 Å². The number of ether oxygens (including phenoxy) is 1. The van der Waals surface area contributed by atoms with E-state index in [1.165, 1.54) is 16.3 Å². The van der Waals surface area contributed by atoms with Crippen molar-refractivity contribution in [1.82, 2.24) is 24.3 Å². The van der Waals surface area contributed by atoms with Crippen LogP contribution in [0.15, 0.2) is 30.3 Å². The van der Waals surface area contributed by atoms with E-state index in [2.05, 4.69) is 45.9 Å². The number of nitrogens with one attached hydrogen (secondary N) is 1. The van der Waals surface area contributed by atoms with Gasteiger partial charge in [-0.2, -0.15) is 5.10 Å². The molecule has 4 bridgehead atoms. The molecular formula is C29H32F2N6O2. The molecule has 10 heteroatoms. The fourth-order valence-electron chi connectivity index (χ4n) is 5.92. The van der Waals surface area contributed by atoms with E-state index in [0.717, 1.165) is 36.8 Å². The predicted molar refractivity (Wildman–Crippen MR) is 144 cm³/mol. The Morgan fingerprint density at radius 2 is 1.90 bits per heavy atom. The van der Waals surface area contributed by atoms with Crippen LogP contribution in [-0.4, -0.2) is 36.8 Å². The molecule has 39 heavy (non-hydrogen) atoms. The summed E-state index contributed by atoms with van der Waals surface area (Å²) >= 11 is 0. The van der Waals surface area contributed by atoms with Crippen LogP contribution in [0.3, 0.4) is 0 Å². The molecule has 4 heterocycles. The number of nitrogens with zero attached hydrogens (tertiary/aromatic N) is 5. The lowest BCUT2D eigenvalue weighted by molar-refractivity contribution is 0.102. The van der Waals surface area contributed by atoms with Crippen LogP contribution in [0.1, 0.15) is 72.8 Å². The molecule has 1 saturated carbocycles. The second kappa shape index (κ2) is 9.73. The topological polar surface area (TPSA) is 86.9 Å². The van der Waals surface area contributed by atoms with Crippen molar-refractivity contribution in [2.24, 2.45) is 18.9 Å². The number of imidazole rings is 1. The highest BCUT2D eigenvalue weighted by Crippen LogP contribution is 2.40. The number of amides is 1. The number of halogens is 2. The Morgan fingerprint density at radius 1 is 1.10 bits per heavy atom. The van der Waals surface area contributed by atoms with Crippen LogP contribution in [0.25, 0.3) is 22.3 Å². The van der Waals surface area contributed by atoms with Crippen LogP contribution < -0.4 is 10.1 Å². The zero-order valence-corrected chi connectivity index (χ0v) is 22.5. The van der Waals surface area contributed by atoms with Gasteiger partial charge in [0.2, 0.25) is 11.8 Å². The van der Waals surface area contributed by atoms with Crippen LogP contribution in [0.5, 0.6) is 5.88 Å². The highest BCUT2D eigenvalue weighted by Gasteiger charge is 2.31. The zero-order valence-electron chi connectivity index (χ0n) is 22.5. The highest BCUT2D eigenvalue weighted by molar-refractivity contribution is 6.05. The number of aromatic nitrogens is 5. The highest BCUT2D eigenvalue weighted by atomic mass is 19.3. The zero-order chi connectivity index (χ0) is 27.4. The number of hydrogen-bond acceptors (Lipinski definition) is 5. The van der Waals surface area contributed by atoms with E-state index in [1.54, 1.807) is 20.0 Å². The van der Waals surface area contributed by atoms with Crippen molar-refractivity contribution in [2.75, 3.05) is 11.9 Å². The molecule has 2 aliphatic rings. The summed E-state index contributed by atoms with van der Waals surface area (Å²) in [7, 11) is 1.59. The van der Waals surface area contributed by atoms with E-state index in [0.29, 0.717) is 35.6 Å². The number of benzene rings is 1. The Hall–Kier alpha value is -3.82. The summed E-state index contributed by atoms with van der Waals surface area (Å²) in [6.45, 7) is 7.16. The Morgan fingerprint density at radius 3 is 2.67 bits per heavy atom. The van der Waals surface area contributed by atoms with E-state index in [1.807, 2.05) is 6.07 Å². The number of carbonyl (C=O) groups is 1. The minimum Gasteiger partial charge on any atom is -0.477 e. The van der Waals surface area contributed by atoms with E-state index in [4.69, 9.17) is 9.72 Å². The molecule has 6 rings (SSSR count). The Balaban J connectivity index is 1.50. The smallest absolute Gasteiger partial charge is 0.282 e. The molecule has 4 aromatic rings. The quantitative estimate of drug-likeness (QED) is 0.328. The standard InChI is InChI=1S/C29H32F2N6O2/c1-15(2)19-7-8-21-23(12-19)37-13-17-5-6-18(10-17)14-39-28-24(25(26(30)31)35-36(28)4)22-11-20(9-16(3)32-22)27(38)34-29(37)33-21/h7-9,11-12,15,17-18,26H,5-6,10,13-14H2,1-4H3,(H,33,34,38)/t17-,18+/m0/s1. The predicted octanol–water partition coefficient (Wildman–Crippen LogP) is 6.26. The number of anilines is 1. The Kier molecular flexibility index (Phi) is 6.35. The fourth-order valence-corrected chi connectivity index (χ4v) is 5.92. The summed E-state index contributed by atoms with van der Waals surface area (Å²) in [5, 5.41) is 7.07. The van der Waals surface area contributed by atoms with Crippen molar-refractivity contribution >= 4 is 22.9 Å². The number of hydrogen-bond donors (Lipinski definition) is 1. The third kappa shape index (κ3) is 4.66. The Bertz CT molecular complexity index is 1570. The number of aryl methyl sites for hydroxylation is 2. The number of alkyl halides is 2. The van der Waals surface area contributed by atoms with Crippen molar-refractivity contribution in [3.63, 3.8) is 0 Å². The summed E-state index contributed by atoms with van der Waals surface area (Å²) in [6.07, 6.45) is 0.0805. The summed E-state index contributed by atoms with van der Waals surface area (Å²) in [4.78, 5) is 22.9. The molecule has 8 nitrogen and oxygen atoms in total. The normalized spacial score (nSPS) is 19.4. The number of pyridine rings is 1. The molecule has 1 fully saturated rings. The van der Waals surface area contributed by atoms with Crippen molar-refractivity contribution in [3.8, 4) is 17.1 Å². The minimum atomic E-state index is -2.82. The summed E-state index contributed by atoms with van der Waals surface area (Å²) in [6, 6.07) is 9.41. The van der Waals surface area contributed by atoms with E-state index in [9.17, 15) is 13.6 Å². The van der Waals surface area contributed by atoms with Crippen LogP contribution in [0, 0.1) is 18.8 Å². The number of fused-ring (bicyclic) bond motifs is 9. The first-order valence-electron chi connectivity index (χ1n) is 13.5. The van der Waals surface area contributed by atoms with Crippen molar-refractivity contribution in [1.29, 1.82) is 0 Å². The molecule has 204 valence electrons. The van der Waals surface area contributed by atoms with Gasteiger partial charge in [0.1, 0.15) is 5.69 Å². The van der Waals surface area contributed by atoms with Gasteiger partial charge >= 0.3 is 0 Å². The van der Waals surface area contributed by atoms with Gasteiger partial charge in [0, 0.05) is 24.8 Å². The molecule has 0 radical (unpaired) electrons. The molecule has 3 aromatic heterocycles. The maximum Gasteiger partial charge on any atom is 0.282 e. The largest absolute Gasteiger partial charge is 0.477 e. The van der Waals surface area contributed by atoms with Crippen LogP contribution in [-0.2, 0) is 13.6 Å². The third-order valence-electron chi connectivity index (χ3n) is 7.91. The summed E-state index contributed by atoms with van der Waals surface area (Å²) in [5.41, 5.74) is 3.79. The van der Waals surface area contributed by atoms with Crippen molar-refractivity contribution in [3.05, 3.63) is 52.8 Å². The van der Waals surface area contributed by atoms with Crippen LogP contribution in [0.4, 0.5) is 14.7 Å². The molecule has 1 aliphatic heterocycles. The molecule has 0 spiro atoms. The van der Waals surface area contributed by atoms with Crippen molar-refractivity contribution < 1.29 is 18.3 Å². The lowest BCUT2D eigenvalue weighted by Crippen LogP contribution is -2.18. The summed E-state index contributed by atoms with van der Waals surface area (Å²) < 4.78 is 37.8. The van der Waals surface area contributed by atoms with Gasteiger partial charge in [0.15, 0.2) is 0 Å². The van der Waals surface area contributed by atoms with E-state index in [-0.39, 0.29) is 29.0 Å². The monoisotopic (exact) mass is 534 g/mol. The maximum absolute atomic E-state index is 14.1. The van der Waals surface area contributed by atoms with Gasteiger partial charge in [-0.1, -0.05) is 19.9 Å². The fraction of sp³-hybridized carbons (Fsp3) is 0.448. The average molecular weight is 535 g/mol. The molecule has 1 N–H and O–H groups in total.